The third kappa shape index (κ3) is 4.52. The lowest BCUT2D eigenvalue weighted by atomic mass is 9.91. The van der Waals surface area contributed by atoms with Crippen molar-refractivity contribution < 1.29 is 9.90 Å². The van der Waals surface area contributed by atoms with Crippen LogP contribution in [0.15, 0.2) is 36.4 Å². The van der Waals surface area contributed by atoms with Crippen molar-refractivity contribution >= 4 is 28.6 Å². The highest BCUT2D eigenvalue weighted by molar-refractivity contribution is 7.15. The summed E-state index contributed by atoms with van der Waals surface area (Å²) in [6.45, 7) is 9.10. The van der Waals surface area contributed by atoms with E-state index in [0.717, 1.165) is 47.3 Å². The molecule has 4 aromatic rings. The summed E-state index contributed by atoms with van der Waals surface area (Å²) >= 11 is 3.50. The van der Waals surface area contributed by atoms with Crippen LogP contribution >= 0.6 is 22.7 Å². The first kappa shape index (κ1) is 25.0. The van der Waals surface area contributed by atoms with Crippen LogP contribution in [-0.2, 0) is 31.0 Å². The van der Waals surface area contributed by atoms with Crippen molar-refractivity contribution in [1.82, 2.24) is 25.1 Å². The molecule has 0 spiro atoms. The van der Waals surface area contributed by atoms with E-state index in [1.165, 1.54) is 43.3 Å². The highest BCUT2D eigenvalue weighted by atomic mass is 32.1. The Bertz CT molecular complexity index is 1550. The number of hydrogen-bond donors (Lipinski definition) is 2. The molecule has 9 heteroatoms. The van der Waals surface area contributed by atoms with Crippen molar-refractivity contribution in [3.8, 4) is 32.3 Å². The maximum atomic E-state index is 12.9. The second kappa shape index (κ2) is 9.91. The van der Waals surface area contributed by atoms with Crippen LogP contribution in [0.25, 0.3) is 32.3 Å². The third-order valence-electron chi connectivity index (χ3n) is 8.19. The molecule has 2 N–H and O–H groups in total. The van der Waals surface area contributed by atoms with Gasteiger partial charge in [0.2, 0.25) is 5.91 Å². The van der Waals surface area contributed by atoms with Gasteiger partial charge >= 0.3 is 0 Å². The monoisotopic (exact) mass is 557 g/mol. The number of β-amino-alcohol motifs (C(OH)–C–C–N with tert-alkyl or cyclic N) is 1. The summed E-state index contributed by atoms with van der Waals surface area (Å²) in [6.07, 6.45) is 0.441. The van der Waals surface area contributed by atoms with Gasteiger partial charge in [-0.15, -0.1) is 22.7 Å². The molecule has 7 rings (SSSR count). The normalized spacial score (nSPS) is 18.6. The molecule has 3 aliphatic heterocycles. The second-order valence-corrected chi connectivity index (χ2v) is 12.9. The molecule has 2 aromatic heterocycles. The molecule has 1 unspecified atom stereocenters. The number of aliphatic hydroxyl groups is 1. The fourth-order valence-corrected chi connectivity index (χ4v) is 8.27. The van der Waals surface area contributed by atoms with Crippen molar-refractivity contribution in [3.05, 3.63) is 68.7 Å². The number of fused-ring (bicyclic) bond motifs is 2. The van der Waals surface area contributed by atoms with Crippen LogP contribution in [0.4, 0.5) is 0 Å². The topological polar surface area (TPSA) is 81.6 Å². The molecular formula is C30H31N5O2S2. The lowest BCUT2D eigenvalue weighted by molar-refractivity contribution is -0.132. The first-order valence-electron chi connectivity index (χ1n) is 13.5. The number of likely N-dealkylation sites (tertiary alicyclic amines) is 1. The Morgan fingerprint density at radius 1 is 0.923 bits per heavy atom. The summed E-state index contributed by atoms with van der Waals surface area (Å²) in [5, 5.41) is 15.3. The molecule has 200 valence electrons. The van der Waals surface area contributed by atoms with Gasteiger partial charge in [-0.3, -0.25) is 9.69 Å². The number of amides is 1. The van der Waals surface area contributed by atoms with Crippen LogP contribution in [0.3, 0.4) is 0 Å². The van der Waals surface area contributed by atoms with Crippen molar-refractivity contribution in [1.29, 1.82) is 0 Å². The second-order valence-electron chi connectivity index (χ2n) is 10.8. The average Bonchev–Trinajstić information content (AvgIpc) is 3.71. The minimum Gasteiger partial charge on any atom is -0.392 e. The Balaban J connectivity index is 1.13. The number of aromatic nitrogens is 2. The molecule has 3 aliphatic rings. The third-order valence-corrected chi connectivity index (χ3v) is 10.4. The molecule has 0 bridgehead atoms. The Morgan fingerprint density at radius 2 is 1.56 bits per heavy atom. The predicted octanol–water partition coefficient (Wildman–Crippen LogP) is 4.73. The molecular weight excluding hydrogens is 526 g/mol. The van der Waals surface area contributed by atoms with E-state index >= 15 is 0 Å². The number of carbonyl (C=O) groups is 1. The highest BCUT2D eigenvalue weighted by Gasteiger charge is 2.30. The van der Waals surface area contributed by atoms with Gasteiger partial charge in [-0.25, -0.2) is 9.97 Å². The van der Waals surface area contributed by atoms with Crippen LogP contribution in [0.5, 0.6) is 0 Å². The summed E-state index contributed by atoms with van der Waals surface area (Å²) in [5.74, 6) is 0.117. The molecule has 0 aliphatic carbocycles. The lowest BCUT2D eigenvalue weighted by Gasteiger charge is -2.20. The largest absolute Gasteiger partial charge is 0.392 e. The lowest BCUT2D eigenvalue weighted by Crippen LogP contribution is -2.37. The van der Waals surface area contributed by atoms with E-state index in [1.807, 2.05) is 9.80 Å². The molecule has 1 saturated heterocycles. The zero-order valence-corrected chi connectivity index (χ0v) is 23.8. The molecule has 39 heavy (non-hydrogen) atoms. The summed E-state index contributed by atoms with van der Waals surface area (Å²) < 4.78 is 0. The van der Waals surface area contributed by atoms with E-state index < -0.39 is 0 Å². The SMILES string of the molecule is Cc1c(-c2nc3c(s2)CNC3)cccc1-c1cccc(-c2nc3c(s2)CN(C(=O)CN2CCC(O)C2)C3)c1C. The fourth-order valence-electron chi connectivity index (χ4n) is 5.97. The van der Waals surface area contributed by atoms with Crippen LogP contribution < -0.4 is 5.32 Å². The Labute approximate surface area is 236 Å². The molecule has 0 saturated carbocycles. The van der Waals surface area contributed by atoms with Gasteiger partial charge in [0.05, 0.1) is 37.1 Å². The Hall–Kier alpha value is -2.95. The molecule has 5 heterocycles. The number of thiazole rings is 2. The zero-order chi connectivity index (χ0) is 26.7. The first-order chi connectivity index (χ1) is 18.9. The molecule has 1 fully saturated rings. The van der Waals surface area contributed by atoms with Gasteiger partial charge in [0.25, 0.3) is 0 Å². The molecule has 1 amide bonds. The maximum Gasteiger partial charge on any atom is 0.237 e. The van der Waals surface area contributed by atoms with Gasteiger partial charge < -0.3 is 15.3 Å². The summed E-state index contributed by atoms with van der Waals surface area (Å²) in [4.78, 5) is 29.3. The first-order valence-corrected chi connectivity index (χ1v) is 15.1. The van der Waals surface area contributed by atoms with Gasteiger partial charge in [0, 0.05) is 47.1 Å². The minimum absolute atomic E-state index is 0.117. The number of carbonyl (C=O) groups excluding carboxylic acids is 1. The van der Waals surface area contributed by atoms with Crippen LogP contribution in [0.2, 0.25) is 0 Å². The Kier molecular flexibility index (Phi) is 6.36. The number of aliphatic hydroxyl groups excluding tert-OH is 1. The number of rotatable bonds is 5. The van der Waals surface area contributed by atoms with Gasteiger partial charge in [-0.2, -0.15) is 0 Å². The van der Waals surface area contributed by atoms with E-state index in [9.17, 15) is 9.90 Å². The predicted molar refractivity (Wildman–Crippen MR) is 155 cm³/mol. The minimum atomic E-state index is -0.307. The zero-order valence-electron chi connectivity index (χ0n) is 22.2. The van der Waals surface area contributed by atoms with Crippen molar-refractivity contribution in [2.45, 2.75) is 52.6 Å². The number of hydrogen-bond acceptors (Lipinski definition) is 8. The smallest absolute Gasteiger partial charge is 0.237 e. The van der Waals surface area contributed by atoms with Crippen molar-refractivity contribution in [2.24, 2.45) is 0 Å². The Morgan fingerprint density at radius 3 is 2.18 bits per heavy atom. The van der Waals surface area contributed by atoms with E-state index in [-0.39, 0.29) is 12.0 Å². The van der Waals surface area contributed by atoms with Crippen molar-refractivity contribution in [3.63, 3.8) is 0 Å². The van der Waals surface area contributed by atoms with Gasteiger partial charge in [0.15, 0.2) is 0 Å². The molecule has 0 radical (unpaired) electrons. The molecule has 1 atom stereocenters. The van der Waals surface area contributed by atoms with E-state index in [1.54, 1.807) is 22.7 Å². The summed E-state index contributed by atoms with van der Waals surface area (Å²) in [6, 6.07) is 13.0. The van der Waals surface area contributed by atoms with Crippen LogP contribution in [0.1, 0.15) is 38.7 Å². The van der Waals surface area contributed by atoms with Crippen LogP contribution in [0, 0.1) is 13.8 Å². The summed E-state index contributed by atoms with van der Waals surface area (Å²) in [5.41, 5.74) is 9.48. The summed E-state index contributed by atoms with van der Waals surface area (Å²) in [7, 11) is 0. The van der Waals surface area contributed by atoms with E-state index in [4.69, 9.17) is 9.97 Å². The van der Waals surface area contributed by atoms with Gasteiger partial charge in [-0.05, 0) is 42.5 Å². The maximum absolute atomic E-state index is 12.9. The fraction of sp³-hybridized carbons (Fsp3) is 0.367. The number of benzene rings is 2. The number of nitrogens with zero attached hydrogens (tertiary/aromatic N) is 4. The van der Waals surface area contributed by atoms with Gasteiger partial charge in [0.1, 0.15) is 10.0 Å². The standard InChI is InChI=1S/C30H31N5O2S2/c1-17-20(5-3-7-22(17)29-32-24-11-31-12-26(24)38-29)21-6-4-8-23(18(21)2)30-33-25-14-35(15-27(25)39-30)28(37)16-34-10-9-19(36)13-34/h3-8,19,31,36H,9-16H2,1-2H3. The molecule has 7 nitrogen and oxygen atoms in total. The van der Waals surface area contributed by atoms with E-state index in [0.29, 0.717) is 26.2 Å². The highest BCUT2D eigenvalue weighted by Crippen LogP contribution is 2.41. The quantitative estimate of drug-likeness (QED) is 0.369. The molecule has 2 aromatic carbocycles. The van der Waals surface area contributed by atoms with Crippen LogP contribution in [-0.4, -0.2) is 56.5 Å². The van der Waals surface area contributed by atoms with Crippen molar-refractivity contribution in [2.75, 3.05) is 19.6 Å². The van der Waals surface area contributed by atoms with E-state index in [2.05, 4.69) is 55.6 Å². The number of nitrogens with one attached hydrogen (secondary N) is 1. The van der Waals surface area contributed by atoms with Gasteiger partial charge in [-0.1, -0.05) is 36.4 Å². The average molecular weight is 558 g/mol.